The summed E-state index contributed by atoms with van der Waals surface area (Å²) in [5.74, 6) is -0.710. The molecule has 0 saturated carbocycles. The van der Waals surface area contributed by atoms with Gasteiger partial charge in [0.25, 0.3) is 5.91 Å². The van der Waals surface area contributed by atoms with Gasteiger partial charge in [-0.05, 0) is 38.5 Å². The quantitative estimate of drug-likeness (QED) is 0.819. The monoisotopic (exact) mass is 224 g/mol. The summed E-state index contributed by atoms with van der Waals surface area (Å²) in [6.07, 6.45) is 0. The Bertz CT molecular complexity index is 396. The van der Waals surface area contributed by atoms with Crippen molar-refractivity contribution in [3.05, 3.63) is 35.1 Å². The van der Waals surface area contributed by atoms with Gasteiger partial charge in [0.2, 0.25) is 0 Å². The highest BCUT2D eigenvalue weighted by molar-refractivity contribution is 5.95. The number of benzene rings is 1. The zero-order valence-electron chi connectivity index (χ0n) is 9.80. The second-order valence-electron chi connectivity index (χ2n) is 4.63. The lowest BCUT2D eigenvalue weighted by Crippen LogP contribution is -2.45. The molecule has 1 amide bonds. The molecule has 0 aromatic heterocycles. The third-order valence-corrected chi connectivity index (χ3v) is 2.15. The maximum Gasteiger partial charge on any atom is 0.251 e. The van der Waals surface area contributed by atoms with Gasteiger partial charge in [-0.15, -0.1) is 0 Å². The largest absolute Gasteiger partial charge is 0.350 e. The van der Waals surface area contributed by atoms with Gasteiger partial charge >= 0.3 is 0 Å². The van der Waals surface area contributed by atoms with E-state index in [9.17, 15) is 9.18 Å². The number of halogens is 1. The fourth-order valence-electron chi connectivity index (χ4n) is 1.24. The molecule has 3 nitrogen and oxygen atoms in total. The van der Waals surface area contributed by atoms with Crippen molar-refractivity contribution < 1.29 is 9.18 Å². The van der Waals surface area contributed by atoms with Crippen molar-refractivity contribution in [3.63, 3.8) is 0 Å². The van der Waals surface area contributed by atoms with E-state index in [1.54, 1.807) is 13.0 Å². The molecule has 0 spiro atoms. The van der Waals surface area contributed by atoms with E-state index in [1.807, 2.05) is 13.8 Å². The van der Waals surface area contributed by atoms with Crippen LogP contribution in [-0.4, -0.2) is 18.0 Å². The summed E-state index contributed by atoms with van der Waals surface area (Å²) in [4.78, 5) is 11.7. The number of amides is 1. The molecule has 0 unspecified atom stereocenters. The summed E-state index contributed by atoms with van der Waals surface area (Å²) in [6, 6.07) is 4.14. The van der Waals surface area contributed by atoms with E-state index in [1.165, 1.54) is 12.1 Å². The molecule has 0 radical (unpaired) electrons. The lowest BCUT2D eigenvalue weighted by molar-refractivity contribution is 0.0945. The molecule has 0 aliphatic heterocycles. The van der Waals surface area contributed by atoms with Crippen LogP contribution in [0, 0.1) is 12.7 Å². The van der Waals surface area contributed by atoms with Gasteiger partial charge in [-0.1, -0.05) is 6.07 Å². The summed E-state index contributed by atoms with van der Waals surface area (Å²) < 4.78 is 13.0. The normalized spacial score (nSPS) is 11.3. The Hall–Kier alpha value is -1.42. The average Bonchev–Trinajstić information content (AvgIpc) is 2.17. The van der Waals surface area contributed by atoms with E-state index in [0.29, 0.717) is 12.1 Å². The predicted octanol–water partition coefficient (Wildman–Crippen LogP) is 1.60. The number of nitrogens with one attached hydrogen (secondary N) is 1. The minimum atomic E-state index is -0.475. The molecule has 0 bridgehead atoms. The summed E-state index contributed by atoms with van der Waals surface area (Å²) >= 11 is 0. The third kappa shape index (κ3) is 3.62. The Labute approximate surface area is 94.8 Å². The Morgan fingerprint density at radius 2 is 2.12 bits per heavy atom. The molecular formula is C12H17FN2O. The lowest BCUT2D eigenvalue weighted by Gasteiger charge is -2.19. The van der Waals surface area contributed by atoms with Crippen LogP contribution in [0.25, 0.3) is 0 Å². The van der Waals surface area contributed by atoms with Crippen molar-refractivity contribution in [2.75, 3.05) is 6.54 Å². The fourth-order valence-corrected chi connectivity index (χ4v) is 1.24. The highest BCUT2D eigenvalue weighted by atomic mass is 19.1. The van der Waals surface area contributed by atoms with E-state index in [2.05, 4.69) is 5.32 Å². The summed E-state index contributed by atoms with van der Waals surface area (Å²) in [5.41, 5.74) is 6.36. The van der Waals surface area contributed by atoms with Crippen molar-refractivity contribution in [2.24, 2.45) is 5.73 Å². The Morgan fingerprint density at radius 1 is 1.50 bits per heavy atom. The molecule has 88 valence electrons. The number of carbonyl (C=O) groups is 1. The second kappa shape index (κ2) is 4.61. The first-order chi connectivity index (χ1) is 7.29. The molecule has 4 heteroatoms. The fraction of sp³-hybridized carbons (Fsp3) is 0.417. The van der Waals surface area contributed by atoms with Crippen LogP contribution in [-0.2, 0) is 0 Å². The molecule has 1 aromatic carbocycles. The van der Waals surface area contributed by atoms with Gasteiger partial charge in [-0.3, -0.25) is 4.79 Å². The van der Waals surface area contributed by atoms with Crippen LogP contribution < -0.4 is 11.1 Å². The topological polar surface area (TPSA) is 55.1 Å². The standard InChI is InChI=1S/C12H17FN2O/c1-8-4-5-9(13)6-10(8)11(16)15-7-12(2,3)14/h4-6H,7,14H2,1-3H3,(H,15,16). The molecule has 1 aromatic rings. The van der Waals surface area contributed by atoms with E-state index in [0.717, 1.165) is 5.56 Å². The maximum atomic E-state index is 13.0. The highest BCUT2D eigenvalue weighted by Crippen LogP contribution is 2.10. The lowest BCUT2D eigenvalue weighted by atomic mass is 10.1. The van der Waals surface area contributed by atoms with E-state index in [4.69, 9.17) is 5.73 Å². The van der Waals surface area contributed by atoms with Gasteiger partial charge in [0, 0.05) is 17.6 Å². The Balaban J connectivity index is 2.77. The molecule has 0 heterocycles. The predicted molar refractivity (Wildman–Crippen MR) is 61.7 cm³/mol. The molecule has 1 rings (SSSR count). The van der Waals surface area contributed by atoms with Gasteiger partial charge in [0.05, 0.1) is 0 Å². The van der Waals surface area contributed by atoms with Crippen LogP contribution in [0.3, 0.4) is 0 Å². The van der Waals surface area contributed by atoms with Crippen LogP contribution >= 0.6 is 0 Å². The number of hydrogen-bond donors (Lipinski definition) is 2. The van der Waals surface area contributed by atoms with E-state index in [-0.39, 0.29) is 5.91 Å². The molecule has 0 fully saturated rings. The number of aryl methyl sites for hydroxylation is 1. The van der Waals surface area contributed by atoms with Gasteiger partial charge < -0.3 is 11.1 Å². The number of rotatable bonds is 3. The van der Waals surface area contributed by atoms with Gasteiger partial charge in [0.1, 0.15) is 5.82 Å². The van der Waals surface area contributed by atoms with E-state index >= 15 is 0 Å². The van der Waals surface area contributed by atoms with Crippen LogP contribution in [0.1, 0.15) is 29.8 Å². The highest BCUT2D eigenvalue weighted by Gasteiger charge is 2.14. The van der Waals surface area contributed by atoms with Gasteiger partial charge in [0.15, 0.2) is 0 Å². The molecule has 0 aliphatic carbocycles. The van der Waals surface area contributed by atoms with E-state index < -0.39 is 11.4 Å². The number of nitrogens with two attached hydrogens (primary N) is 1. The zero-order chi connectivity index (χ0) is 12.3. The van der Waals surface area contributed by atoms with Crippen molar-refractivity contribution in [1.82, 2.24) is 5.32 Å². The summed E-state index contributed by atoms with van der Waals surface area (Å²) in [5, 5.41) is 2.68. The Kier molecular flexibility index (Phi) is 3.65. The van der Waals surface area contributed by atoms with Crippen LogP contribution in [0.2, 0.25) is 0 Å². The molecule has 0 atom stereocenters. The minimum Gasteiger partial charge on any atom is -0.350 e. The molecule has 16 heavy (non-hydrogen) atoms. The average molecular weight is 224 g/mol. The number of carbonyl (C=O) groups excluding carboxylic acids is 1. The van der Waals surface area contributed by atoms with Crippen molar-refractivity contribution in [3.8, 4) is 0 Å². The first kappa shape index (κ1) is 12.6. The minimum absolute atomic E-state index is 0.296. The van der Waals surface area contributed by atoms with Crippen LogP contribution in [0.4, 0.5) is 4.39 Å². The first-order valence-corrected chi connectivity index (χ1v) is 5.13. The van der Waals surface area contributed by atoms with Crippen molar-refractivity contribution in [1.29, 1.82) is 0 Å². The molecule has 0 saturated heterocycles. The Morgan fingerprint density at radius 3 is 2.69 bits per heavy atom. The van der Waals surface area contributed by atoms with Crippen LogP contribution in [0.15, 0.2) is 18.2 Å². The zero-order valence-corrected chi connectivity index (χ0v) is 9.80. The SMILES string of the molecule is Cc1ccc(F)cc1C(=O)NCC(C)(C)N. The van der Waals surface area contributed by atoms with Gasteiger partial charge in [-0.2, -0.15) is 0 Å². The first-order valence-electron chi connectivity index (χ1n) is 5.13. The van der Waals surface area contributed by atoms with Gasteiger partial charge in [-0.25, -0.2) is 4.39 Å². The maximum absolute atomic E-state index is 13.0. The van der Waals surface area contributed by atoms with Crippen LogP contribution in [0.5, 0.6) is 0 Å². The second-order valence-corrected chi connectivity index (χ2v) is 4.63. The van der Waals surface area contributed by atoms with Crippen molar-refractivity contribution >= 4 is 5.91 Å². The molecule has 3 N–H and O–H groups in total. The third-order valence-electron chi connectivity index (χ3n) is 2.15. The number of hydrogen-bond acceptors (Lipinski definition) is 2. The smallest absolute Gasteiger partial charge is 0.251 e. The molecular weight excluding hydrogens is 207 g/mol. The van der Waals surface area contributed by atoms with Crippen molar-refractivity contribution in [2.45, 2.75) is 26.3 Å². The molecule has 0 aliphatic rings. The summed E-state index contributed by atoms with van der Waals surface area (Å²) in [7, 11) is 0. The summed E-state index contributed by atoms with van der Waals surface area (Å²) in [6.45, 7) is 5.74.